The molecule has 2 fully saturated rings. The fraction of sp³-hybridized carbons (Fsp3) is 0.524. The summed E-state index contributed by atoms with van der Waals surface area (Å²) >= 11 is 0. The van der Waals surface area contributed by atoms with Crippen LogP contribution in [0.15, 0.2) is 18.2 Å². The van der Waals surface area contributed by atoms with E-state index in [1.165, 1.54) is 11.1 Å². The largest absolute Gasteiger partial charge is 0.457 e. The summed E-state index contributed by atoms with van der Waals surface area (Å²) < 4.78 is 5.07. The average Bonchev–Trinajstić information content (AvgIpc) is 3.39. The van der Waals surface area contributed by atoms with Crippen LogP contribution in [0, 0.1) is 0 Å². The number of ketones is 1. The minimum atomic E-state index is -0.773. The smallest absolute Gasteiger partial charge is 0.325 e. The summed E-state index contributed by atoms with van der Waals surface area (Å²) in [6.07, 6.45) is 6.12. The van der Waals surface area contributed by atoms with Crippen LogP contribution in [-0.4, -0.2) is 47.3 Å². The van der Waals surface area contributed by atoms with E-state index in [2.05, 4.69) is 5.32 Å². The first-order valence-corrected chi connectivity index (χ1v) is 9.93. The molecule has 0 atom stereocenters. The Morgan fingerprint density at radius 1 is 1.07 bits per heavy atom. The third kappa shape index (κ3) is 3.41. The van der Waals surface area contributed by atoms with Crippen molar-refractivity contribution in [2.24, 2.45) is 0 Å². The molecular formula is C21H24N2O5. The highest BCUT2D eigenvalue weighted by molar-refractivity contribution is 6.07. The van der Waals surface area contributed by atoms with Gasteiger partial charge in [-0.25, -0.2) is 4.79 Å². The molecule has 148 valence electrons. The van der Waals surface area contributed by atoms with E-state index in [0.29, 0.717) is 18.4 Å². The third-order valence-corrected chi connectivity index (χ3v) is 6.03. The number of benzene rings is 1. The quantitative estimate of drug-likeness (QED) is 0.461. The summed E-state index contributed by atoms with van der Waals surface area (Å²) in [4.78, 5) is 50.0. The number of nitrogens with one attached hydrogen (secondary N) is 1. The number of ether oxygens (including phenoxy) is 1. The molecule has 3 aliphatic rings. The van der Waals surface area contributed by atoms with Crippen LogP contribution in [0.5, 0.6) is 0 Å². The number of amides is 3. The van der Waals surface area contributed by atoms with Gasteiger partial charge in [-0.05, 0) is 49.3 Å². The van der Waals surface area contributed by atoms with Crippen molar-refractivity contribution in [3.8, 4) is 0 Å². The minimum Gasteiger partial charge on any atom is -0.457 e. The summed E-state index contributed by atoms with van der Waals surface area (Å²) in [6.45, 7) is -0.361. The number of carbonyl (C=O) groups is 4. The van der Waals surface area contributed by atoms with Gasteiger partial charge >= 0.3 is 12.0 Å². The van der Waals surface area contributed by atoms with E-state index in [1.807, 2.05) is 12.1 Å². The number of nitrogens with zero attached hydrogens (tertiary/aromatic N) is 1. The topological polar surface area (TPSA) is 92.8 Å². The number of urea groups is 1. The van der Waals surface area contributed by atoms with Crippen molar-refractivity contribution in [2.45, 2.75) is 56.9 Å². The Labute approximate surface area is 163 Å². The van der Waals surface area contributed by atoms with Crippen LogP contribution in [0.4, 0.5) is 4.79 Å². The van der Waals surface area contributed by atoms with Gasteiger partial charge in [0.05, 0.1) is 6.42 Å². The van der Waals surface area contributed by atoms with Crippen molar-refractivity contribution in [1.82, 2.24) is 10.2 Å². The molecule has 28 heavy (non-hydrogen) atoms. The summed E-state index contributed by atoms with van der Waals surface area (Å²) in [6, 6.07) is 5.17. The molecule has 1 spiro atoms. The van der Waals surface area contributed by atoms with E-state index in [0.717, 1.165) is 37.0 Å². The maximum Gasteiger partial charge on any atom is 0.325 e. The lowest BCUT2D eigenvalue weighted by Crippen LogP contribution is -2.44. The Morgan fingerprint density at radius 2 is 1.82 bits per heavy atom. The van der Waals surface area contributed by atoms with Crippen LogP contribution >= 0.6 is 0 Å². The van der Waals surface area contributed by atoms with Crippen LogP contribution in [-0.2, 0) is 27.2 Å². The predicted octanol–water partition coefficient (Wildman–Crippen LogP) is 2.16. The van der Waals surface area contributed by atoms with E-state index in [4.69, 9.17) is 4.74 Å². The van der Waals surface area contributed by atoms with Crippen molar-refractivity contribution in [3.05, 3.63) is 34.9 Å². The fourth-order valence-corrected chi connectivity index (χ4v) is 4.45. The second kappa shape index (κ2) is 7.37. The average molecular weight is 384 g/mol. The second-order valence-corrected chi connectivity index (χ2v) is 7.85. The molecule has 3 amide bonds. The van der Waals surface area contributed by atoms with Crippen molar-refractivity contribution in [2.75, 3.05) is 13.2 Å². The number of esters is 1. The lowest BCUT2D eigenvalue weighted by Gasteiger charge is -2.19. The number of carbonyl (C=O) groups excluding carboxylic acids is 4. The Morgan fingerprint density at radius 3 is 2.61 bits per heavy atom. The van der Waals surface area contributed by atoms with E-state index < -0.39 is 17.5 Å². The first-order chi connectivity index (χ1) is 13.5. The fourth-order valence-electron chi connectivity index (χ4n) is 4.45. The molecule has 4 rings (SSSR count). The molecule has 0 aromatic heterocycles. The molecule has 1 N–H and O–H groups in total. The van der Waals surface area contributed by atoms with E-state index in [1.54, 1.807) is 6.07 Å². The SMILES string of the molecule is O=C(CCN1C(=O)NC2(CCCC2)C1=O)OCC(=O)c1ccc2c(c1)CCC2. The van der Waals surface area contributed by atoms with Crippen molar-refractivity contribution in [1.29, 1.82) is 0 Å². The Bertz CT molecular complexity index is 841. The van der Waals surface area contributed by atoms with Gasteiger partial charge in [0.2, 0.25) is 0 Å². The van der Waals surface area contributed by atoms with Crippen LogP contribution in [0.3, 0.4) is 0 Å². The Balaban J connectivity index is 1.26. The van der Waals surface area contributed by atoms with Crippen LogP contribution < -0.4 is 5.32 Å². The second-order valence-electron chi connectivity index (χ2n) is 7.85. The minimum absolute atomic E-state index is 0.0295. The van der Waals surface area contributed by atoms with Crippen molar-refractivity contribution < 1.29 is 23.9 Å². The Hall–Kier alpha value is -2.70. The van der Waals surface area contributed by atoms with E-state index in [9.17, 15) is 19.2 Å². The molecular weight excluding hydrogens is 360 g/mol. The first-order valence-electron chi connectivity index (χ1n) is 9.93. The number of rotatable bonds is 6. The molecule has 1 saturated heterocycles. The number of hydrogen-bond acceptors (Lipinski definition) is 5. The van der Waals surface area contributed by atoms with Gasteiger partial charge in [0.25, 0.3) is 5.91 Å². The molecule has 1 saturated carbocycles. The molecule has 1 heterocycles. The highest BCUT2D eigenvalue weighted by atomic mass is 16.5. The van der Waals surface area contributed by atoms with Crippen molar-refractivity contribution in [3.63, 3.8) is 0 Å². The normalized spacial score (nSPS) is 19.8. The molecule has 1 aromatic rings. The molecule has 1 aliphatic heterocycles. The standard InChI is InChI=1S/C21H24N2O5/c24-17(16-7-6-14-4-3-5-15(14)12-16)13-28-18(25)8-11-23-19(26)21(22-20(23)27)9-1-2-10-21/h6-7,12H,1-5,8-11,13H2,(H,22,27). The summed E-state index contributed by atoms with van der Waals surface area (Å²) in [7, 11) is 0. The number of Topliss-reactive ketones (excluding diaryl/α,β-unsaturated/α-hetero) is 1. The maximum atomic E-state index is 12.5. The van der Waals surface area contributed by atoms with Gasteiger partial charge in [-0.1, -0.05) is 25.0 Å². The van der Waals surface area contributed by atoms with Gasteiger partial charge in [0.15, 0.2) is 12.4 Å². The summed E-state index contributed by atoms with van der Waals surface area (Å²) in [5.74, 6) is -1.09. The lowest BCUT2D eigenvalue weighted by atomic mass is 9.98. The molecule has 2 aliphatic carbocycles. The van der Waals surface area contributed by atoms with Gasteiger partial charge in [-0.2, -0.15) is 0 Å². The highest BCUT2D eigenvalue weighted by Crippen LogP contribution is 2.35. The molecule has 0 bridgehead atoms. The first kappa shape index (κ1) is 18.7. The van der Waals surface area contributed by atoms with Gasteiger partial charge in [0.1, 0.15) is 5.54 Å². The van der Waals surface area contributed by atoms with Gasteiger partial charge in [-0.3, -0.25) is 19.3 Å². The molecule has 7 heteroatoms. The zero-order valence-electron chi connectivity index (χ0n) is 15.8. The van der Waals surface area contributed by atoms with Crippen molar-refractivity contribution >= 4 is 23.7 Å². The highest BCUT2D eigenvalue weighted by Gasteiger charge is 2.52. The molecule has 0 radical (unpaired) electrons. The van der Waals surface area contributed by atoms with Crippen LogP contribution in [0.1, 0.15) is 60.0 Å². The van der Waals surface area contributed by atoms with E-state index >= 15 is 0 Å². The van der Waals surface area contributed by atoms with Gasteiger partial charge < -0.3 is 10.1 Å². The molecule has 7 nitrogen and oxygen atoms in total. The number of fused-ring (bicyclic) bond motifs is 1. The zero-order chi connectivity index (χ0) is 19.7. The summed E-state index contributed by atoms with van der Waals surface area (Å²) in [5, 5.41) is 2.78. The lowest BCUT2D eigenvalue weighted by molar-refractivity contribution is -0.143. The van der Waals surface area contributed by atoms with Crippen LogP contribution in [0.2, 0.25) is 0 Å². The molecule has 0 unspecified atom stereocenters. The Kier molecular flexibility index (Phi) is 4.91. The third-order valence-electron chi connectivity index (χ3n) is 6.03. The van der Waals surface area contributed by atoms with Gasteiger partial charge in [-0.15, -0.1) is 0 Å². The van der Waals surface area contributed by atoms with Gasteiger partial charge in [0, 0.05) is 12.1 Å². The number of hydrogen-bond donors (Lipinski definition) is 1. The molecule has 1 aromatic carbocycles. The summed E-state index contributed by atoms with van der Waals surface area (Å²) in [5.41, 5.74) is 2.24. The van der Waals surface area contributed by atoms with E-state index in [-0.39, 0.29) is 31.3 Å². The monoisotopic (exact) mass is 384 g/mol. The number of imide groups is 1. The predicted molar refractivity (Wildman–Crippen MR) is 99.8 cm³/mol. The maximum absolute atomic E-state index is 12.5. The number of aryl methyl sites for hydroxylation is 2. The van der Waals surface area contributed by atoms with Crippen LogP contribution in [0.25, 0.3) is 0 Å². The zero-order valence-corrected chi connectivity index (χ0v) is 15.8.